The van der Waals surface area contributed by atoms with Gasteiger partial charge in [0.15, 0.2) is 0 Å². The summed E-state index contributed by atoms with van der Waals surface area (Å²) in [4.78, 5) is 14.2. The second-order valence-electron chi connectivity index (χ2n) is 6.63. The summed E-state index contributed by atoms with van der Waals surface area (Å²) in [6.45, 7) is 2.70. The monoisotopic (exact) mass is 335 g/mol. The predicted molar refractivity (Wildman–Crippen MR) is 88.1 cm³/mol. The number of rotatable bonds is 4. The van der Waals surface area contributed by atoms with E-state index in [1.807, 2.05) is 25.1 Å². The molecule has 1 aromatic carbocycles. The van der Waals surface area contributed by atoms with E-state index in [1.165, 1.54) is 7.11 Å². The SMILES string of the molecule is CO[C@@H]1COC[C@@H](N(C)C(=O)Cc2ccc3c(c2)CC(C)O3)[C@@H]1O. The molecule has 0 aliphatic carbocycles. The fourth-order valence-electron chi connectivity index (χ4n) is 3.37. The smallest absolute Gasteiger partial charge is 0.227 e. The molecule has 4 atom stereocenters. The van der Waals surface area contributed by atoms with Crippen LogP contribution in [0.15, 0.2) is 18.2 Å². The van der Waals surface area contributed by atoms with Gasteiger partial charge in [-0.2, -0.15) is 0 Å². The third kappa shape index (κ3) is 3.41. The summed E-state index contributed by atoms with van der Waals surface area (Å²) < 4.78 is 16.4. The Morgan fingerprint density at radius 1 is 1.42 bits per heavy atom. The summed E-state index contributed by atoms with van der Waals surface area (Å²) in [6, 6.07) is 5.50. The maximum atomic E-state index is 12.6. The zero-order valence-corrected chi connectivity index (χ0v) is 14.4. The molecule has 3 rings (SSSR count). The van der Waals surface area contributed by atoms with Crippen LogP contribution in [0.3, 0.4) is 0 Å². The first kappa shape index (κ1) is 17.2. The number of nitrogens with zero attached hydrogens (tertiary/aromatic N) is 1. The number of fused-ring (bicyclic) bond motifs is 1. The van der Waals surface area contributed by atoms with Crippen LogP contribution in [-0.2, 0) is 27.1 Å². The topological polar surface area (TPSA) is 68.2 Å². The van der Waals surface area contributed by atoms with Crippen LogP contribution < -0.4 is 4.74 Å². The molecule has 1 aromatic rings. The summed E-state index contributed by atoms with van der Waals surface area (Å²) in [7, 11) is 3.24. The number of aliphatic hydroxyl groups is 1. The van der Waals surface area contributed by atoms with Gasteiger partial charge in [0.1, 0.15) is 24.1 Å². The molecule has 24 heavy (non-hydrogen) atoms. The summed E-state index contributed by atoms with van der Waals surface area (Å²) in [5, 5.41) is 10.4. The Hall–Kier alpha value is -1.63. The maximum Gasteiger partial charge on any atom is 0.227 e. The van der Waals surface area contributed by atoms with Crippen LogP contribution in [0.1, 0.15) is 18.1 Å². The van der Waals surface area contributed by atoms with E-state index < -0.39 is 18.2 Å². The fourth-order valence-corrected chi connectivity index (χ4v) is 3.37. The molecule has 2 aliphatic heterocycles. The highest BCUT2D eigenvalue weighted by Crippen LogP contribution is 2.29. The van der Waals surface area contributed by atoms with Gasteiger partial charge in [0, 0.05) is 20.6 Å². The van der Waals surface area contributed by atoms with Gasteiger partial charge < -0.3 is 24.2 Å². The molecule has 1 saturated heterocycles. The number of carbonyl (C=O) groups is 1. The fraction of sp³-hybridized carbons (Fsp3) is 0.611. The highest BCUT2D eigenvalue weighted by Gasteiger charge is 2.36. The van der Waals surface area contributed by atoms with Crippen molar-refractivity contribution in [2.75, 3.05) is 27.4 Å². The van der Waals surface area contributed by atoms with Crippen molar-refractivity contribution in [1.82, 2.24) is 4.90 Å². The van der Waals surface area contributed by atoms with E-state index >= 15 is 0 Å². The maximum absolute atomic E-state index is 12.6. The number of aliphatic hydroxyl groups excluding tert-OH is 1. The summed E-state index contributed by atoms with van der Waals surface area (Å²) >= 11 is 0. The number of carbonyl (C=O) groups excluding carboxylic acids is 1. The number of benzene rings is 1. The van der Waals surface area contributed by atoms with Crippen molar-refractivity contribution >= 4 is 5.91 Å². The highest BCUT2D eigenvalue weighted by atomic mass is 16.5. The van der Waals surface area contributed by atoms with Gasteiger partial charge in [0.2, 0.25) is 5.91 Å². The lowest BCUT2D eigenvalue weighted by Crippen LogP contribution is -2.57. The molecule has 0 radical (unpaired) electrons. The lowest BCUT2D eigenvalue weighted by Gasteiger charge is -2.38. The average Bonchev–Trinajstić information content (AvgIpc) is 2.93. The second-order valence-corrected chi connectivity index (χ2v) is 6.63. The van der Waals surface area contributed by atoms with Gasteiger partial charge in [-0.05, 0) is 24.1 Å². The Labute approximate surface area is 142 Å². The summed E-state index contributed by atoms with van der Waals surface area (Å²) in [5.41, 5.74) is 2.11. The van der Waals surface area contributed by atoms with Crippen molar-refractivity contribution in [3.8, 4) is 5.75 Å². The van der Waals surface area contributed by atoms with Crippen LogP contribution in [-0.4, -0.2) is 67.6 Å². The molecule has 0 aromatic heterocycles. The zero-order valence-electron chi connectivity index (χ0n) is 14.4. The van der Waals surface area contributed by atoms with Crippen LogP contribution in [0, 0.1) is 0 Å². The molecule has 0 spiro atoms. The molecule has 0 bridgehead atoms. The third-order valence-corrected chi connectivity index (χ3v) is 4.86. The highest BCUT2D eigenvalue weighted by molar-refractivity contribution is 5.79. The largest absolute Gasteiger partial charge is 0.490 e. The minimum Gasteiger partial charge on any atom is -0.490 e. The van der Waals surface area contributed by atoms with E-state index in [1.54, 1.807) is 11.9 Å². The van der Waals surface area contributed by atoms with E-state index in [2.05, 4.69) is 0 Å². The number of amides is 1. The number of likely N-dealkylation sites (N-methyl/N-ethyl adjacent to an activating group) is 1. The summed E-state index contributed by atoms with van der Waals surface area (Å²) in [5.74, 6) is 0.859. The van der Waals surface area contributed by atoms with Crippen LogP contribution >= 0.6 is 0 Å². The van der Waals surface area contributed by atoms with Crippen LogP contribution in [0.25, 0.3) is 0 Å². The van der Waals surface area contributed by atoms with Gasteiger partial charge in [0.25, 0.3) is 0 Å². The van der Waals surface area contributed by atoms with Crippen molar-refractivity contribution in [2.45, 2.75) is 44.1 Å². The second kappa shape index (κ2) is 7.09. The molecule has 0 saturated carbocycles. The molecule has 1 N–H and O–H groups in total. The number of hydrogen-bond donors (Lipinski definition) is 1. The van der Waals surface area contributed by atoms with Gasteiger partial charge in [-0.25, -0.2) is 0 Å². The minimum atomic E-state index is -0.744. The van der Waals surface area contributed by atoms with E-state index in [0.717, 1.165) is 23.3 Å². The minimum absolute atomic E-state index is 0.0497. The van der Waals surface area contributed by atoms with Gasteiger partial charge in [-0.15, -0.1) is 0 Å². The van der Waals surface area contributed by atoms with Crippen molar-refractivity contribution in [3.63, 3.8) is 0 Å². The zero-order chi connectivity index (χ0) is 17.3. The number of ether oxygens (including phenoxy) is 3. The molecule has 1 unspecified atom stereocenters. The van der Waals surface area contributed by atoms with Crippen molar-refractivity contribution < 1.29 is 24.1 Å². The Morgan fingerprint density at radius 2 is 2.21 bits per heavy atom. The molecule has 1 fully saturated rings. The molecule has 1 amide bonds. The molecule has 6 nitrogen and oxygen atoms in total. The van der Waals surface area contributed by atoms with Gasteiger partial charge in [-0.3, -0.25) is 4.79 Å². The van der Waals surface area contributed by atoms with Gasteiger partial charge in [-0.1, -0.05) is 12.1 Å². The predicted octanol–water partition coefficient (Wildman–Crippen LogP) is 0.786. The standard InChI is InChI=1S/C18H25NO5/c1-11-6-13-7-12(4-5-15(13)24-11)8-17(20)19(2)14-9-23-10-16(22-3)18(14)21/h4-5,7,11,14,16,18,21H,6,8-10H2,1-3H3/t11?,14-,16-,18+/m1/s1. The summed E-state index contributed by atoms with van der Waals surface area (Å²) in [6.07, 6.45) is 0.204. The van der Waals surface area contributed by atoms with Crippen molar-refractivity contribution in [2.24, 2.45) is 0 Å². The van der Waals surface area contributed by atoms with Gasteiger partial charge >= 0.3 is 0 Å². The number of hydrogen-bond acceptors (Lipinski definition) is 5. The molecule has 6 heteroatoms. The van der Waals surface area contributed by atoms with Gasteiger partial charge in [0.05, 0.1) is 25.7 Å². The number of methoxy groups -OCH3 is 1. The lowest BCUT2D eigenvalue weighted by molar-refractivity contribution is -0.157. The van der Waals surface area contributed by atoms with E-state index in [-0.39, 0.29) is 12.0 Å². The first-order valence-corrected chi connectivity index (χ1v) is 8.32. The molecule has 2 aliphatic rings. The average molecular weight is 335 g/mol. The first-order valence-electron chi connectivity index (χ1n) is 8.32. The molecular formula is C18H25NO5. The Balaban J connectivity index is 1.65. The molecular weight excluding hydrogens is 310 g/mol. The lowest BCUT2D eigenvalue weighted by atomic mass is 10.0. The molecule has 132 valence electrons. The van der Waals surface area contributed by atoms with Crippen molar-refractivity contribution in [3.05, 3.63) is 29.3 Å². The van der Waals surface area contributed by atoms with Crippen LogP contribution in [0.4, 0.5) is 0 Å². The van der Waals surface area contributed by atoms with Crippen LogP contribution in [0.2, 0.25) is 0 Å². The first-order chi connectivity index (χ1) is 11.5. The Bertz CT molecular complexity index is 605. The van der Waals surface area contributed by atoms with E-state index in [4.69, 9.17) is 14.2 Å². The van der Waals surface area contributed by atoms with E-state index in [0.29, 0.717) is 19.6 Å². The third-order valence-electron chi connectivity index (χ3n) is 4.86. The Morgan fingerprint density at radius 3 is 2.96 bits per heavy atom. The van der Waals surface area contributed by atoms with E-state index in [9.17, 15) is 9.90 Å². The Kier molecular flexibility index (Phi) is 5.08. The van der Waals surface area contributed by atoms with Crippen LogP contribution in [0.5, 0.6) is 5.75 Å². The quantitative estimate of drug-likeness (QED) is 0.881. The van der Waals surface area contributed by atoms with Crippen molar-refractivity contribution in [1.29, 1.82) is 0 Å². The molecule has 2 heterocycles. The normalized spacial score (nSPS) is 29.0.